The van der Waals surface area contributed by atoms with Crippen molar-refractivity contribution in [3.63, 3.8) is 0 Å². The van der Waals surface area contributed by atoms with Crippen LogP contribution in [0.2, 0.25) is 0 Å². The van der Waals surface area contributed by atoms with E-state index in [-0.39, 0.29) is 35.2 Å². The predicted octanol–water partition coefficient (Wildman–Crippen LogP) is 0.661. The quantitative estimate of drug-likeness (QED) is 0.452. The van der Waals surface area contributed by atoms with E-state index in [1.54, 1.807) is 0 Å². The molecule has 0 aliphatic rings. The van der Waals surface area contributed by atoms with Gasteiger partial charge >= 0.3 is 0 Å². The second-order valence-electron chi connectivity index (χ2n) is 6.17. The van der Waals surface area contributed by atoms with Crippen molar-refractivity contribution in [3.8, 4) is 0 Å². The molecule has 160 valence electrons. The van der Waals surface area contributed by atoms with Crippen LogP contribution in [0.3, 0.4) is 0 Å². The van der Waals surface area contributed by atoms with Crippen LogP contribution in [-0.4, -0.2) is 49.4 Å². The minimum Gasteiger partial charge on any atom is -0.395 e. The summed E-state index contributed by atoms with van der Waals surface area (Å²) in [5, 5.41) is 13.7. The molecule has 0 spiro atoms. The molecule has 3 amide bonds. The van der Waals surface area contributed by atoms with Crippen LogP contribution in [0, 0.1) is 0 Å². The Kier molecular flexibility index (Phi) is 8.01. The van der Waals surface area contributed by atoms with Gasteiger partial charge < -0.3 is 15.7 Å². The highest BCUT2D eigenvalue weighted by atomic mass is 32.2. The molecule has 0 aliphatic heterocycles. The lowest BCUT2D eigenvalue weighted by Gasteiger charge is -2.09. The molecule has 0 saturated heterocycles. The zero-order chi connectivity index (χ0) is 22.1. The summed E-state index contributed by atoms with van der Waals surface area (Å²) in [6.45, 7) is 1.70. The number of anilines is 1. The predicted molar refractivity (Wildman–Crippen MR) is 108 cm³/mol. The highest BCUT2D eigenvalue weighted by Gasteiger charge is 2.19. The molecule has 0 unspecified atom stereocenters. The maximum Gasteiger partial charge on any atom is 0.269 e. The third-order valence-electron chi connectivity index (χ3n) is 3.81. The van der Waals surface area contributed by atoms with Crippen LogP contribution in [0.5, 0.6) is 0 Å². The molecule has 0 bridgehead atoms. The van der Waals surface area contributed by atoms with Gasteiger partial charge in [0.2, 0.25) is 5.91 Å². The van der Waals surface area contributed by atoms with E-state index < -0.39 is 21.8 Å². The first-order valence-electron chi connectivity index (χ1n) is 9.09. The van der Waals surface area contributed by atoms with E-state index >= 15 is 0 Å². The van der Waals surface area contributed by atoms with Gasteiger partial charge in [-0.3, -0.25) is 19.4 Å². The van der Waals surface area contributed by atoms with Crippen molar-refractivity contribution in [2.45, 2.75) is 24.7 Å². The molecule has 11 heteroatoms. The minimum absolute atomic E-state index is 0.0172. The number of pyridine rings is 1. The monoisotopic (exact) mass is 434 g/mol. The van der Waals surface area contributed by atoms with Gasteiger partial charge in [0, 0.05) is 24.8 Å². The van der Waals surface area contributed by atoms with Gasteiger partial charge in [-0.25, -0.2) is 13.1 Å². The van der Waals surface area contributed by atoms with E-state index in [4.69, 9.17) is 5.11 Å². The van der Waals surface area contributed by atoms with Gasteiger partial charge in [-0.15, -0.1) is 0 Å². The first-order chi connectivity index (χ1) is 14.3. The van der Waals surface area contributed by atoms with Gasteiger partial charge in [0.25, 0.3) is 21.8 Å². The molecule has 0 radical (unpaired) electrons. The fourth-order valence-corrected chi connectivity index (χ4v) is 3.30. The van der Waals surface area contributed by atoms with Gasteiger partial charge in [0.1, 0.15) is 5.69 Å². The van der Waals surface area contributed by atoms with Crippen molar-refractivity contribution in [1.29, 1.82) is 0 Å². The number of aliphatic hydroxyl groups excluding tert-OH is 1. The number of hydrogen-bond donors (Lipinski definition) is 4. The second kappa shape index (κ2) is 10.5. The van der Waals surface area contributed by atoms with Crippen molar-refractivity contribution in [2.75, 3.05) is 18.5 Å². The molecule has 1 heterocycles. The first-order valence-corrected chi connectivity index (χ1v) is 10.6. The largest absolute Gasteiger partial charge is 0.395 e. The van der Waals surface area contributed by atoms with Crippen LogP contribution >= 0.6 is 0 Å². The summed E-state index contributed by atoms with van der Waals surface area (Å²) >= 11 is 0. The number of sulfonamides is 1. The summed E-state index contributed by atoms with van der Waals surface area (Å²) < 4.78 is 26.8. The van der Waals surface area contributed by atoms with Crippen LogP contribution in [0.25, 0.3) is 0 Å². The van der Waals surface area contributed by atoms with E-state index in [1.165, 1.54) is 36.4 Å². The third-order valence-corrected chi connectivity index (χ3v) is 5.16. The average molecular weight is 434 g/mol. The van der Waals surface area contributed by atoms with E-state index in [2.05, 4.69) is 15.6 Å². The molecule has 0 atom stereocenters. The molecular weight excluding hydrogens is 412 g/mol. The molecule has 2 aromatic rings. The Morgan fingerprint density at radius 3 is 2.30 bits per heavy atom. The van der Waals surface area contributed by atoms with E-state index in [9.17, 15) is 22.8 Å². The number of nitrogens with one attached hydrogen (secondary N) is 3. The third kappa shape index (κ3) is 6.36. The Labute approximate surface area is 173 Å². The molecule has 10 nitrogen and oxygen atoms in total. The molecule has 0 saturated carbocycles. The maximum atomic E-state index is 12.4. The fourth-order valence-electron chi connectivity index (χ4n) is 2.33. The number of hydrogen-bond acceptors (Lipinski definition) is 7. The number of rotatable bonds is 9. The van der Waals surface area contributed by atoms with E-state index in [0.717, 1.165) is 6.20 Å². The number of nitrogens with zero attached hydrogens (tertiary/aromatic N) is 1. The van der Waals surface area contributed by atoms with Gasteiger partial charge in [-0.05, 0) is 42.8 Å². The van der Waals surface area contributed by atoms with Gasteiger partial charge in [0.15, 0.2) is 0 Å². The van der Waals surface area contributed by atoms with E-state index in [1.807, 2.05) is 11.6 Å². The van der Waals surface area contributed by atoms with Crippen molar-refractivity contribution in [1.82, 2.24) is 15.0 Å². The summed E-state index contributed by atoms with van der Waals surface area (Å²) in [5.74, 6) is -1.62. The number of aliphatic hydroxyl groups is 1. The van der Waals surface area contributed by atoms with Crippen molar-refractivity contribution in [3.05, 3.63) is 53.9 Å². The topological polar surface area (TPSA) is 155 Å². The van der Waals surface area contributed by atoms with Crippen LogP contribution in [0.15, 0.2) is 47.5 Å². The van der Waals surface area contributed by atoms with Crippen LogP contribution in [0.1, 0.15) is 40.6 Å². The van der Waals surface area contributed by atoms with Crippen LogP contribution in [0.4, 0.5) is 5.69 Å². The molecule has 0 aliphatic carbocycles. The number of benzene rings is 1. The SMILES string of the molecule is CCCC(=O)Nc1ccc(S(=O)(=O)NC(=O)c2ccc(C(=O)NCCO)nc2)cc1. The summed E-state index contributed by atoms with van der Waals surface area (Å²) in [7, 11) is -4.15. The minimum atomic E-state index is -4.15. The zero-order valence-electron chi connectivity index (χ0n) is 16.2. The van der Waals surface area contributed by atoms with Crippen molar-refractivity contribution < 1.29 is 27.9 Å². The first kappa shape index (κ1) is 23.0. The summed E-state index contributed by atoms with van der Waals surface area (Å²) in [5.41, 5.74) is 0.405. The molecular formula is C19H22N4O6S. The smallest absolute Gasteiger partial charge is 0.269 e. The fraction of sp³-hybridized carbons (Fsp3) is 0.263. The second-order valence-corrected chi connectivity index (χ2v) is 7.85. The molecule has 30 heavy (non-hydrogen) atoms. The lowest BCUT2D eigenvalue weighted by atomic mass is 10.2. The van der Waals surface area contributed by atoms with Crippen LogP contribution in [-0.2, 0) is 14.8 Å². The van der Waals surface area contributed by atoms with Gasteiger partial charge in [-0.2, -0.15) is 0 Å². The number of aromatic nitrogens is 1. The standard InChI is InChI=1S/C19H22N4O6S/c1-2-3-17(25)22-14-5-7-15(8-6-14)30(28,29)23-18(26)13-4-9-16(21-12-13)19(27)20-10-11-24/h4-9,12,24H,2-3,10-11H2,1H3,(H,20,27)(H,22,25)(H,23,26). The van der Waals surface area contributed by atoms with Crippen LogP contribution < -0.4 is 15.4 Å². The summed E-state index contributed by atoms with van der Waals surface area (Å²) in [6, 6.07) is 7.91. The Balaban J connectivity index is 2.04. The van der Waals surface area contributed by atoms with Crippen molar-refractivity contribution in [2.24, 2.45) is 0 Å². The van der Waals surface area contributed by atoms with Gasteiger partial charge in [-0.1, -0.05) is 6.92 Å². The molecule has 0 fully saturated rings. The molecule has 1 aromatic heterocycles. The maximum absolute atomic E-state index is 12.4. The number of carbonyl (C=O) groups is 3. The van der Waals surface area contributed by atoms with Gasteiger partial charge in [0.05, 0.1) is 17.1 Å². The Morgan fingerprint density at radius 1 is 1.03 bits per heavy atom. The van der Waals surface area contributed by atoms with E-state index in [0.29, 0.717) is 18.5 Å². The Bertz CT molecular complexity index is 1000. The molecule has 1 aromatic carbocycles. The zero-order valence-corrected chi connectivity index (χ0v) is 17.0. The summed E-state index contributed by atoms with van der Waals surface area (Å²) in [6.07, 6.45) is 2.12. The summed E-state index contributed by atoms with van der Waals surface area (Å²) in [4.78, 5) is 39.2. The highest BCUT2D eigenvalue weighted by Crippen LogP contribution is 2.15. The number of carbonyl (C=O) groups excluding carboxylic acids is 3. The number of amides is 3. The molecule has 4 N–H and O–H groups in total. The molecule has 2 rings (SSSR count). The lowest BCUT2D eigenvalue weighted by molar-refractivity contribution is -0.116. The highest BCUT2D eigenvalue weighted by molar-refractivity contribution is 7.90. The van der Waals surface area contributed by atoms with Crippen molar-refractivity contribution >= 4 is 33.4 Å². The lowest BCUT2D eigenvalue weighted by Crippen LogP contribution is -2.31. The Hall–Kier alpha value is -3.31. The Morgan fingerprint density at radius 2 is 1.73 bits per heavy atom. The normalized spacial score (nSPS) is 10.9. The average Bonchev–Trinajstić information content (AvgIpc) is 2.72.